The van der Waals surface area contributed by atoms with E-state index in [1.165, 1.54) is 0 Å². The smallest absolute Gasteiger partial charge is 0.275 e. The van der Waals surface area contributed by atoms with Crippen molar-refractivity contribution in [3.8, 4) is 11.4 Å². The highest BCUT2D eigenvalue weighted by Crippen LogP contribution is 2.24. The molecule has 0 bridgehead atoms. The van der Waals surface area contributed by atoms with Crippen LogP contribution in [0.2, 0.25) is 0 Å². The lowest BCUT2D eigenvalue weighted by Crippen LogP contribution is -2.25. The normalized spacial score (nSPS) is 13.1. The first-order chi connectivity index (χ1) is 12.2. The number of nitrogens with one attached hydrogen (secondary N) is 1. The molecular weight excluding hydrogens is 314 g/mol. The van der Waals surface area contributed by atoms with Gasteiger partial charge in [-0.15, -0.1) is 0 Å². The van der Waals surface area contributed by atoms with E-state index in [2.05, 4.69) is 27.1 Å². The van der Waals surface area contributed by atoms with E-state index < -0.39 is 0 Å². The number of aromatic nitrogens is 4. The monoisotopic (exact) mass is 333 g/mol. The maximum absolute atomic E-state index is 12.7. The zero-order valence-electron chi connectivity index (χ0n) is 14.1. The molecule has 0 saturated heterocycles. The number of nitrogens with zero attached hydrogens (tertiary/aromatic N) is 4. The highest BCUT2D eigenvalue weighted by atomic mass is 16.2. The zero-order chi connectivity index (χ0) is 17.2. The number of carbonyl (C=O) groups is 1. The number of H-pyrrole nitrogens is 1. The highest BCUT2D eigenvalue weighted by Gasteiger charge is 2.27. The molecule has 1 aliphatic rings. The van der Waals surface area contributed by atoms with Crippen LogP contribution in [0.3, 0.4) is 0 Å². The van der Waals surface area contributed by atoms with Gasteiger partial charge in [-0.3, -0.25) is 9.89 Å². The van der Waals surface area contributed by atoms with E-state index in [-0.39, 0.29) is 5.91 Å². The first-order valence-electron chi connectivity index (χ1n) is 8.48. The number of aryl methyl sites for hydroxylation is 1. The van der Waals surface area contributed by atoms with E-state index in [0.717, 1.165) is 35.4 Å². The topological polar surface area (TPSA) is 74.8 Å². The van der Waals surface area contributed by atoms with Gasteiger partial charge in [0.05, 0.1) is 12.2 Å². The Morgan fingerprint density at radius 2 is 2.08 bits per heavy atom. The average molecular weight is 333 g/mol. The lowest BCUT2D eigenvalue weighted by Gasteiger charge is -2.12. The Balaban J connectivity index is 1.53. The molecule has 2 aromatic heterocycles. The van der Waals surface area contributed by atoms with E-state index in [4.69, 9.17) is 0 Å². The Hall–Kier alpha value is -3.02. The molecule has 3 heterocycles. The number of aromatic amines is 1. The van der Waals surface area contributed by atoms with E-state index in [1.54, 1.807) is 4.90 Å². The van der Waals surface area contributed by atoms with E-state index in [0.29, 0.717) is 24.6 Å². The molecule has 0 spiro atoms. The Labute approximate surface area is 145 Å². The van der Waals surface area contributed by atoms with Crippen LogP contribution >= 0.6 is 0 Å². The summed E-state index contributed by atoms with van der Waals surface area (Å²) in [6.45, 7) is 3.12. The molecular formula is C19H19N5O. The number of hydrogen-bond acceptors (Lipinski definition) is 4. The largest absolute Gasteiger partial charge is 0.327 e. The number of carbonyl (C=O) groups excluding carboxylic acids is 1. The quantitative estimate of drug-likeness (QED) is 0.796. The maximum Gasteiger partial charge on any atom is 0.275 e. The van der Waals surface area contributed by atoms with Crippen molar-refractivity contribution in [2.45, 2.75) is 32.9 Å². The Morgan fingerprint density at radius 3 is 2.88 bits per heavy atom. The minimum Gasteiger partial charge on any atom is -0.327 e. The van der Waals surface area contributed by atoms with Crippen LogP contribution in [-0.4, -0.2) is 31.0 Å². The summed E-state index contributed by atoms with van der Waals surface area (Å²) in [6.07, 6.45) is 3.74. The third-order valence-electron chi connectivity index (χ3n) is 4.34. The fourth-order valence-corrected chi connectivity index (χ4v) is 3.05. The van der Waals surface area contributed by atoms with Crippen LogP contribution in [0, 0.1) is 0 Å². The molecule has 1 aliphatic heterocycles. The summed E-state index contributed by atoms with van der Waals surface area (Å²) >= 11 is 0. The van der Waals surface area contributed by atoms with Gasteiger partial charge in [0.1, 0.15) is 5.69 Å². The standard InChI is InChI=1S/C19H19N5O/c1-2-6-15-9-16(23-22-15)19(25)24-11-14-10-20-18(21-17(14)12-24)13-7-4-3-5-8-13/h3-5,7-10H,2,6,11-12H2,1H3,(H,22,23). The summed E-state index contributed by atoms with van der Waals surface area (Å²) in [5.74, 6) is 0.622. The highest BCUT2D eigenvalue weighted by molar-refractivity contribution is 5.92. The molecule has 1 amide bonds. The van der Waals surface area contributed by atoms with E-state index in [1.807, 2.05) is 42.6 Å². The molecule has 6 heteroatoms. The summed E-state index contributed by atoms with van der Waals surface area (Å²) in [4.78, 5) is 23.5. The molecule has 3 aromatic rings. The third kappa shape index (κ3) is 3.03. The van der Waals surface area contributed by atoms with Crippen LogP contribution < -0.4 is 0 Å². The van der Waals surface area contributed by atoms with Crippen molar-refractivity contribution in [2.75, 3.05) is 0 Å². The molecule has 1 N–H and O–H groups in total. The van der Waals surface area contributed by atoms with Crippen molar-refractivity contribution >= 4 is 5.91 Å². The zero-order valence-corrected chi connectivity index (χ0v) is 14.1. The SMILES string of the molecule is CCCc1cc(C(=O)N2Cc3cnc(-c4ccccc4)nc3C2)n[nH]1. The van der Waals surface area contributed by atoms with Crippen LogP contribution in [0.15, 0.2) is 42.6 Å². The van der Waals surface area contributed by atoms with Crippen LogP contribution in [0.25, 0.3) is 11.4 Å². The number of benzene rings is 1. The van der Waals surface area contributed by atoms with E-state index >= 15 is 0 Å². The van der Waals surface area contributed by atoms with Gasteiger partial charge < -0.3 is 4.90 Å². The van der Waals surface area contributed by atoms with Gasteiger partial charge in [0.2, 0.25) is 0 Å². The molecule has 126 valence electrons. The molecule has 0 aliphatic carbocycles. The molecule has 6 nitrogen and oxygen atoms in total. The van der Waals surface area contributed by atoms with Crippen molar-refractivity contribution in [3.05, 3.63) is 65.2 Å². The molecule has 25 heavy (non-hydrogen) atoms. The minimum atomic E-state index is -0.0714. The predicted octanol–water partition coefficient (Wildman–Crippen LogP) is 2.98. The van der Waals surface area contributed by atoms with Gasteiger partial charge in [0, 0.05) is 29.6 Å². The van der Waals surface area contributed by atoms with Crippen molar-refractivity contribution in [1.82, 2.24) is 25.1 Å². The van der Waals surface area contributed by atoms with Gasteiger partial charge in [-0.2, -0.15) is 5.10 Å². The van der Waals surface area contributed by atoms with Gasteiger partial charge in [-0.05, 0) is 12.5 Å². The van der Waals surface area contributed by atoms with Crippen LogP contribution in [0.1, 0.15) is 40.8 Å². The Bertz CT molecular complexity index is 903. The lowest BCUT2D eigenvalue weighted by atomic mass is 10.2. The van der Waals surface area contributed by atoms with Crippen molar-refractivity contribution in [3.63, 3.8) is 0 Å². The van der Waals surface area contributed by atoms with Gasteiger partial charge in [-0.1, -0.05) is 43.7 Å². The molecule has 1 aromatic carbocycles. The van der Waals surface area contributed by atoms with Gasteiger partial charge >= 0.3 is 0 Å². The second-order valence-electron chi connectivity index (χ2n) is 6.22. The molecule has 0 fully saturated rings. The van der Waals surface area contributed by atoms with Crippen molar-refractivity contribution < 1.29 is 4.79 Å². The fraction of sp³-hybridized carbons (Fsp3) is 0.263. The maximum atomic E-state index is 12.7. The second kappa shape index (κ2) is 6.47. The third-order valence-corrected chi connectivity index (χ3v) is 4.34. The first kappa shape index (κ1) is 15.5. The molecule has 0 atom stereocenters. The Kier molecular flexibility index (Phi) is 4.01. The van der Waals surface area contributed by atoms with Gasteiger partial charge in [0.25, 0.3) is 5.91 Å². The number of fused-ring (bicyclic) bond motifs is 1. The first-order valence-corrected chi connectivity index (χ1v) is 8.48. The summed E-state index contributed by atoms with van der Waals surface area (Å²) < 4.78 is 0. The Morgan fingerprint density at radius 1 is 1.24 bits per heavy atom. The minimum absolute atomic E-state index is 0.0714. The molecule has 0 saturated carbocycles. The summed E-state index contributed by atoms with van der Waals surface area (Å²) in [5.41, 5.74) is 4.34. The predicted molar refractivity (Wildman–Crippen MR) is 93.6 cm³/mol. The summed E-state index contributed by atoms with van der Waals surface area (Å²) in [6, 6.07) is 11.7. The lowest BCUT2D eigenvalue weighted by molar-refractivity contribution is 0.0744. The van der Waals surface area contributed by atoms with Gasteiger partial charge in [-0.25, -0.2) is 9.97 Å². The van der Waals surface area contributed by atoms with Crippen molar-refractivity contribution in [1.29, 1.82) is 0 Å². The molecule has 4 rings (SSSR count). The van der Waals surface area contributed by atoms with Gasteiger partial charge in [0.15, 0.2) is 5.82 Å². The van der Waals surface area contributed by atoms with Crippen molar-refractivity contribution in [2.24, 2.45) is 0 Å². The molecule has 0 unspecified atom stereocenters. The van der Waals surface area contributed by atoms with Crippen LogP contribution in [0.5, 0.6) is 0 Å². The molecule has 0 radical (unpaired) electrons. The number of amides is 1. The van der Waals surface area contributed by atoms with Crippen LogP contribution in [-0.2, 0) is 19.5 Å². The number of rotatable bonds is 4. The number of hydrogen-bond donors (Lipinski definition) is 1. The summed E-state index contributed by atoms with van der Waals surface area (Å²) in [7, 11) is 0. The second-order valence-corrected chi connectivity index (χ2v) is 6.22. The van der Waals surface area contributed by atoms with E-state index in [9.17, 15) is 4.79 Å². The average Bonchev–Trinajstić information content (AvgIpc) is 3.28. The van der Waals surface area contributed by atoms with Crippen LogP contribution in [0.4, 0.5) is 0 Å². The fourth-order valence-electron chi connectivity index (χ4n) is 3.05. The summed E-state index contributed by atoms with van der Waals surface area (Å²) in [5, 5.41) is 7.09.